The minimum Gasteiger partial charge on any atom is -0.494 e. The number of esters is 1. The van der Waals surface area contributed by atoms with E-state index in [4.69, 9.17) is 14.2 Å². The molecule has 0 saturated heterocycles. The van der Waals surface area contributed by atoms with Crippen LogP contribution >= 0.6 is 0 Å². The normalized spacial score (nSPS) is 16.9. The first-order valence-electron chi connectivity index (χ1n) is 8.73. The maximum atomic E-state index is 12.2. The summed E-state index contributed by atoms with van der Waals surface area (Å²) in [4.78, 5) is 12.2. The van der Waals surface area contributed by atoms with E-state index >= 15 is 0 Å². The average molecular weight is 356 g/mol. The number of aryl methyl sites for hydroxylation is 2. The number of carbonyl (C=O) groups is 1. The Bertz CT molecular complexity index is 782. The van der Waals surface area contributed by atoms with Gasteiger partial charge in [0.1, 0.15) is 11.9 Å². The molecule has 0 fully saturated rings. The van der Waals surface area contributed by atoms with Crippen molar-refractivity contribution in [2.75, 3.05) is 20.3 Å². The molecule has 2 aromatic carbocycles. The van der Waals surface area contributed by atoms with Gasteiger partial charge in [-0.15, -0.1) is 0 Å². The minimum absolute atomic E-state index is 0.375. The summed E-state index contributed by atoms with van der Waals surface area (Å²) < 4.78 is 16.1. The molecule has 1 aliphatic heterocycles. The monoisotopic (exact) mass is 356 g/mol. The Labute approximate surface area is 153 Å². The van der Waals surface area contributed by atoms with Crippen LogP contribution in [0.4, 0.5) is 0 Å². The second-order valence-electron chi connectivity index (χ2n) is 6.58. The van der Waals surface area contributed by atoms with Crippen LogP contribution in [0, 0.1) is 13.8 Å². The zero-order chi connectivity index (χ0) is 18.7. The van der Waals surface area contributed by atoms with Gasteiger partial charge in [-0.05, 0) is 37.1 Å². The first-order valence-corrected chi connectivity index (χ1v) is 8.73. The Kier molecular flexibility index (Phi) is 5.59. The van der Waals surface area contributed by atoms with Gasteiger partial charge in [0.2, 0.25) is 0 Å². The van der Waals surface area contributed by atoms with Gasteiger partial charge in [-0.25, -0.2) is 4.79 Å². The largest absolute Gasteiger partial charge is 0.494 e. The van der Waals surface area contributed by atoms with Crippen molar-refractivity contribution in [3.05, 3.63) is 64.2 Å². The smallest absolute Gasteiger partial charge is 0.339 e. The quantitative estimate of drug-likeness (QED) is 0.606. The van der Waals surface area contributed by atoms with Crippen LogP contribution in [0.5, 0.6) is 5.75 Å². The van der Waals surface area contributed by atoms with Crippen LogP contribution in [0.2, 0.25) is 0 Å². The van der Waals surface area contributed by atoms with E-state index in [1.165, 1.54) is 0 Å². The van der Waals surface area contributed by atoms with Gasteiger partial charge < -0.3 is 19.3 Å². The number of aliphatic hydroxyl groups is 1. The molecule has 0 aliphatic carbocycles. The van der Waals surface area contributed by atoms with Crippen LogP contribution in [-0.2, 0) is 9.47 Å². The molecule has 138 valence electrons. The predicted octanol–water partition coefficient (Wildman–Crippen LogP) is 3.66. The molecular weight excluding hydrogens is 332 g/mol. The van der Waals surface area contributed by atoms with Gasteiger partial charge in [0.05, 0.1) is 12.2 Å². The molecule has 1 N–H and O–H groups in total. The Morgan fingerprint density at radius 3 is 2.58 bits per heavy atom. The van der Waals surface area contributed by atoms with Crippen molar-refractivity contribution in [1.29, 1.82) is 0 Å². The molecule has 3 rings (SSSR count). The SMILES string of the molecule is COCCCOc1ccc(C(O)C2OC(=O)c3c(C)cc(C)cc32)cc1. The molecule has 2 aromatic rings. The summed E-state index contributed by atoms with van der Waals surface area (Å²) >= 11 is 0. The maximum absolute atomic E-state index is 12.2. The Balaban J connectivity index is 1.75. The summed E-state index contributed by atoms with van der Waals surface area (Å²) in [6.07, 6.45) is -0.803. The van der Waals surface area contributed by atoms with Crippen LogP contribution in [0.3, 0.4) is 0 Å². The molecule has 0 bridgehead atoms. The zero-order valence-electron chi connectivity index (χ0n) is 15.3. The highest BCUT2D eigenvalue weighted by Crippen LogP contribution is 2.41. The van der Waals surface area contributed by atoms with Crippen LogP contribution in [0.1, 0.15) is 51.2 Å². The van der Waals surface area contributed by atoms with Crippen molar-refractivity contribution >= 4 is 5.97 Å². The molecule has 0 aromatic heterocycles. The lowest BCUT2D eigenvalue weighted by atomic mass is 9.93. The first-order chi connectivity index (χ1) is 12.5. The van der Waals surface area contributed by atoms with E-state index in [0.717, 1.165) is 28.9 Å². The van der Waals surface area contributed by atoms with Gasteiger partial charge in [-0.3, -0.25) is 0 Å². The lowest BCUT2D eigenvalue weighted by Crippen LogP contribution is -2.11. The standard InChI is InChI=1S/C21H24O5/c1-13-11-14(2)18-17(12-13)20(26-21(18)23)19(22)15-5-7-16(8-6-15)25-10-4-9-24-3/h5-8,11-12,19-20,22H,4,9-10H2,1-3H3. The Morgan fingerprint density at radius 2 is 1.88 bits per heavy atom. The number of cyclic esters (lactones) is 1. The number of fused-ring (bicyclic) bond motifs is 1. The third-order valence-corrected chi connectivity index (χ3v) is 4.52. The highest BCUT2D eigenvalue weighted by molar-refractivity contribution is 5.95. The molecule has 5 heteroatoms. The van der Waals surface area contributed by atoms with Gasteiger partial charge >= 0.3 is 5.97 Å². The number of methoxy groups -OCH3 is 1. The van der Waals surface area contributed by atoms with Crippen LogP contribution in [0.15, 0.2) is 36.4 Å². The summed E-state index contributed by atoms with van der Waals surface area (Å²) in [5.74, 6) is 0.354. The van der Waals surface area contributed by atoms with E-state index in [2.05, 4.69) is 0 Å². The molecule has 0 radical (unpaired) electrons. The van der Waals surface area contributed by atoms with E-state index in [1.807, 2.05) is 38.1 Å². The van der Waals surface area contributed by atoms with E-state index in [9.17, 15) is 9.90 Å². The van der Waals surface area contributed by atoms with E-state index < -0.39 is 12.2 Å². The Morgan fingerprint density at radius 1 is 1.15 bits per heavy atom. The van der Waals surface area contributed by atoms with Gasteiger partial charge in [-0.2, -0.15) is 0 Å². The van der Waals surface area contributed by atoms with Crippen LogP contribution in [0.25, 0.3) is 0 Å². The lowest BCUT2D eigenvalue weighted by molar-refractivity contribution is -0.0103. The second kappa shape index (κ2) is 7.89. The van der Waals surface area contributed by atoms with Gasteiger partial charge in [0.25, 0.3) is 0 Å². The highest BCUT2D eigenvalue weighted by Gasteiger charge is 2.37. The number of ether oxygens (including phenoxy) is 3. The van der Waals surface area contributed by atoms with Crippen molar-refractivity contribution in [2.45, 2.75) is 32.5 Å². The molecule has 1 heterocycles. The molecule has 2 atom stereocenters. The van der Waals surface area contributed by atoms with E-state index in [0.29, 0.717) is 24.3 Å². The molecule has 2 unspecified atom stereocenters. The van der Waals surface area contributed by atoms with Crippen molar-refractivity contribution in [1.82, 2.24) is 0 Å². The molecule has 0 saturated carbocycles. The average Bonchev–Trinajstić information content (AvgIpc) is 2.95. The molecule has 5 nitrogen and oxygen atoms in total. The predicted molar refractivity (Wildman–Crippen MR) is 97.5 cm³/mol. The van der Waals surface area contributed by atoms with E-state index in [1.54, 1.807) is 19.2 Å². The molecule has 26 heavy (non-hydrogen) atoms. The number of rotatable bonds is 7. The zero-order valence-corrected chi connectivity index (χ0v) is 15.3. The second-order valence-corrected chi connectivity index (χ2v) is 6.58. The lowest BCUT2D eigenvalue weighted by Gasteiger charge is -2.19. The molecular formula is C21H24O5. The first kappa shape index (κ1) is 18.4. The summed E-state index contributed by atoms with van der Waals surface area (Å²) in [5.41, 5.74) is 3.91. The Hall–Kier alpha value is -2.37. The number of hydrogen-bond donors (Lipinski definition) is 1. The van der Waals surface area contributed by atoms with Gasteiger partial charge in [0.15, 0.2) is 6.10 Å². The maximum Gasteiger partial charge on any atom is 0.339 e. The number of aliphatic hydroxyl groups excluding tert-OH is 1. The minimum atomic E-state index is -0.927. The third-order valence-electron chi connectivity index (χ3n) is 4.52. The van der Waals surface area contributed by atoms with Gasteiger partial charge in [-0.1, -0.05) is 29.8 Å². The number of benzene rings is 2. The fourth-order valence-electron chi connectivity index (χ4n) is 3.31. The molecule has 1 aliphatic rings. The number of hydrogen-bond acceptors (Lipinski definition) is 5. The highest BCUT2D eigenvalue weighted by atomic mass is 16.6. The van der Waals surface area contributed by atoms with Crippen molar-refractivity contribution in [2.24, 2.45) is 0 Å². The molecule has 0 spiro atoms. The van der Waals surface area contributed by atoms with Crippen molar-refractivity contribution in [3.63, 3.8) is 0 Å². The van der Waals surface area contributed by atoms with Crippen molar-refractivity contribution < 1.29 is 24.1 Å². The third kappa shape index (κ3) is 3.74. The topological polar surface area (TPSA) is 65.0 Å². The van der Waals surface area contributed by atoms with Crippen LogP contribution < -0.4 is 4.74 Å². The van der Waals surface area contributed by atoms with E-state index in [-0.39, 0.29) is 5.97 Å². The fraction of sp³-hybridized carbons (Fsp3) is 0.381. The summed E-state index contributed by atoms with van der Waals surface area (Å²) in [5, 5.41) is 10.8. The fourth-order valence-corrected chi connectivity index (χ4v) is 3.31. The van der Waals surface area contributed by atoms with Crippen LogP contribution in [-0.4, -0.2) is 31.4 Å². The van der Waals surface area contributed by atoms with Crippen molar-refractivity contribution in [3.8, 4) is 5.75 Å². The summed E-state index contributed by atoms with van der Waals surface area (Å²) in [6.45, 7) is 5.08. The number of carbonyl (C=O) groups excluding carboxylic acids is 1. The van der Waals surface area contributed by atoms with Gasteiger partial charge in [0, 0.05) is 25.7 Å². The molecule has 0 amide bonds. The summed E-state index contributed by atoms with van der Waals surface area (Å²) in [6, 6.07) is 11.1. The summed E-state index contributed by atoms with van der Waals surface area (Å²) in [7, 11) is 1.66.